The summed E-state index contributed by atoms with van der Waals surface area (Å²) in [6, 6.07) is 12.1. The highest BCUT2D eigenvalue weighted by Gasteiger charge is 2.29. The smallest absolute Gasteiger partial charge is 0.407 e. The molecule has 0 unspecified atom stereocenters. The molecule has 2 aromatic carbocycles. The third kappa shape index (κ3) is 2.90. The van der Waals surface area contributed by atoms with Gasteiger partial charge in [-0.2, -0.15) is 0 Å². The summed E-state index contributed by atoms with van der Waals surface area (Å²) in [7, 11) is 0. The number of alkyl carbamates (subject to hydrolysis) is 1. The molecule has 0 spiro atoms. The number of benzene rings is 2. The van der Waals surface area contributed by atoms with E-state index in [1.807, 2.05) is 48.5 Å². The first-order valence-corrected chi connectivity index (χ1v) is 7.01. The maximum atomic E-state index is 12.0. The van der Waals surface area contributed by atoms with E-state index >= 15 is 0 Å². The van der Waals surface area contributed by atoms with Crippen molar-refractivity contribution in [2.24, 2.45) is 0 Å². The number of aliphatic carboxylic acids is 1. The lowest BCUT2D eigenvalue weighted by molar-refractivity contribution is -0.138. The van der Waals surface area contributed by atoms with Crippen LogP contribution in [0.3, 0.4) is 0 Å². The van der Waals surface area contributed by atoms with E-state index < -0.39 is 24.9 Å². The molecule has 1 aliphatic carbocycles. The Balaban J connectivity index is 1.77. The zero-order valence-corrected chi connectivity index (χ0v) is 12.1. The number of rotatable bonds is 4. The summed E-state index contributed by atoms with van der Waals surface area (Å²) in [4.78, 5) is 23.2. The van der Waals surface area contributed by atoms with Gasteiger partial charge in [0.1, 0.15) is 12.6 Å². The lowest BCUT2D eigenvalue weighted by Crippen LogP contribution is -2.39. The van der Waals surface area contributed by atoms with Gasteiger partial charge in [0, 0.05) is 10.0 Å². The molecule has 1 aliphatic rings. The number of hydrogen-bond acceptors (Lipinski definition) is 3. The minimum absolute atomic E-state index is 0.115. The molecule has 0 bridgehead atoms. The van der Waals surface area contributed by atoms with Crippen molar-refractivity contribution in [2.75, 3.05) is 6.61 Å². The van der Waals surface area contributed by atoms with E-state index in [0.717, 1.165) is 22.3 Å². The fourth-order valence-corrected chi connectivity index (χ4v) is 2.79. The van der Waals surface area contributed by atoms with E-state index in [2.05, 4.69) is 0 Å². The number of carboxylic acids is 1. The summed E-state index contributed by atoms with van der Waals surface area (Å²) in [5.74, 6) is -2.25. The van der Waals surface area contributed by atoms with E-state index in [-0.39, 0.29) is 12.5 Å². The second kappa shape index (κ2) is 6.12. The molecule has 0 saturated carbocycles. The third-order valence-corrected chi connectivity index (χ3v) is 3.78. The van der Waals surface area contributed by atoms with Gasteiger partial charge in [-0.3, -0.25) is 4.79 Å². The van der Waals surface area contributed by atoms with Crippen LogP contribution in [0.15, 0.2) is 48.5 Å². The van der Waals surface area contributed by atoms with E-state index in [4.69, 9.17) is 15.3 Å². The molecule has 118 valence electrons. The largest absolute Gasteiger partial charge is 0.480 e. The van der Waals surface area contributed by atoms with E-state index in [0.29, 0.717) is 0 Å². The number of carbonyl (C=O) groups is 2. The molecule has 1 atom stereocenters. The Morgan fingerprint density at radius 3 is 2.30 bits per heavy atom. The van der Waals surface area contributed by atoms with E-state index in [1.54, 1.807) is 5.32 Å². The summed E-state index contributed by atoms with van der Waals surface area (Å²) < 4.78 is 34.3. The van der Waals surface area contributed by atoms with Crippen LogP contribution in [0.4, 0.5) is 4.79 Å². The summed E-state index contributed by atoms with van der Waals surface area (Å²) in [6.07, 6.45) is -1.27. The zero-order chi connectivity index (χ0) is 19.8. The molecular weight excluding hydrogens is 294 g/mol. The Labute approximate surface area is 139 Å². The predicted octanol–water partition coefficient (Wildman–Crippen LogP) is 3.00. The maximum Gasteiger partial charge on any atom is 0.407 e. The topological polar surface area (TPSA) is 75.6 Å². The van der Waals surface area contributed by atoms with Crippen molar-refractivity contribution in [3.8, 4) is 11.1 Å². The van der Waals surface area contributed by atoms with Crippen LogP contribution in [0, 0.1) is 0 Å². The summed E-state index contributed by atoms with van der Waals surface area (Å²) in [5.41, 5.74) is 3.95. The van der Waals surface area contributed by atoms with Gasteiger partial charge in [0.15, 0.2) is 0 Å². The molecule has 0 aromatic heterocycles. The first-order valence-electron chi connectivity index (χ1n) is 9.01. The molecule has 2 N–H and O–H groups in total. The van der Waals surface area contributed by atoms with Gasteiger partial charge < -0.3 is 15.2 Å². The number of fused-ring (bicyclic) bond motifs is 3. The predicted molar refractivity (Wildman–Crippen MR) is 85.3 cm³/mol. The number of ether oxygens (including phenoxy) is 1. The highest BCUT2D eigenvalue weighted by atomic mass is 16.5. The standard InChI is InChI=1S/C18H17NO4/c1-11(17(20)21)19-18(22)23-10-16-14-8-4-2-6-12(14)13-7-3-5-9-15(13)16/h2-9,11,16H,10H2,1H3,(H,19,22)(H,20,21)/t11-/m1/s1/i1D3,11D. The van der Waals surface area contributed by atoms with Gasteiger partial charge in [-0.25, -0.2) is 4.79 Å². The van der Waals surface area contributed by atoms with Crippen molar-refractivity contribution in [3.63, 3.8) is 0 Å². The van der Waals surface area contributed by atoms with Crippen LogP contribution in [0.5, 0.6) is 0 Å². The van der Waals surface area contributed by atoms with Gasteiger partial charge in [0.25, 0.3) is 0 Å². The summed E-state index contributed by atoms with van der Waals surface area (Å²) >= 11 is 0. The highest BCUT2D eigenvalue weighted by Crippen LogP contribution is 2.44. The Morgan fingerprint density at radius 1 is 1.22 bits per heavy atom. The number of carboxylic acid groups (broad SMARTS) is 1. The summed E-state index contributed by atoms with van der Waals surface area (Å²) in [5, 5.41) is 10.7. The molecule has 5 nitrogen and oxygen atoms in total. The van der Waals surface area contributed by atoms with Crippen LogP contribution in [-0.2, 0) is 9.53 Å². The number of amides is 1. The lowest BCUT2D eigenvalue weighted by atomic mass is 9.98. The first-order chi connectivity index (χ1) is 12.6. The van der Waals surface area contributed by atoms with Crippen molar-refractivity contribution in [1.82, 2.24) is 5.32 Å². The van der Waals surface area contributed by atoms with Gasteiger partial charge in [-0.15, -0.1) is 0 Å². The van der Waals surface area contributed by atoms with Crippen molar-refractivity contribution >= 4 is 12.1 Å². The Kier molecular flexibility index (Phi) is 2.88. The minimum atomic E-state index is -3.26. The molecule has 23 heavy (non-hydrogen) atoms. The van der Waals surface area contributed by atoms with Gasteiger partial charge in [-0.05, 0) is 29.1 Å². The van der Waals surface area contributed by atoms with Gasteiger partial charge in [0.2, 0.25) is 0 Å². The zero-order valence-electron chi connectivity index (χ0n) is 16.1. The molecule has 0 fully saturated rings. The molecule has 1 amide bonds. The Morgan fingerprint density at radius 2 is 1.78 bits per heavy atom. The van der Waals surface area contributed by atoms with Crippen molar-refractivity contribution in [2.45, 2.75) is 18.8 Å². The second-order valence-corrected chi connectivity index (χ2v) is 5.13. The summed E-state index contributed by atoms with van der Waals surface area (Å²) in [6.45, 7) is -3.37. The van der Waals surface area contributed by atoms with E-state index in [1.165, 1.54) is 0 Å². The molecule has 0 aliphatic heterocycles. The van der Waals surface area contributed by atoms with Crippen LogP contribution in [-0.4, -0.2) is 29.8 Å². The number of nitrogens with one attached hydrogen (secondary N) is 1. The van der Waals surface area contributed by atoms with Crippen LogP contribution in [0.2, 0.25) is 0 Å². The fraction of sp³-hybridized carbons (Fsp3) is 0.222. The van der Waals surface area contributed by atoms with Gasteiger partial charge >= 0.3 is 12.1 Å². The quantitative estimate of drug-likeness (QED) is 0.909. The maximum absolute atomic E-state index is 12.0. The first kappa shape index (κ1) is 10.8. The van der Waals surface area contributed by atoms with E-state index in [9.17, 15) is 9.59 Å². The molecule has 0 radical (unpaired) electrons. The molecular formula is C18H17NO4. The molecule has 5 heteroatoms. The fourth-order valence-electron chi connectivity index (χ4n) is 2.79. The Bertz CT molecular complexity index is 853. The number of hydrogen-bond donors (Lipinski definition) is 2. The average molecular weight is 315 g/mol. The number of carbonyl (C=O) groups excluding carboxylic acids is 1. The van der Waals surface area contributed by atoms with Gasteiger partial charge in [0.05, 0.1) is 1.37 Å². The molecule has 0 saturated heterocycles. The normalized spacial score (nSPS) is 18.3. The second-order valence-electron chi connectivity index (χ2n) is 5.13. The van der Waals surface area contributed by atoms with Crippen LogP contribution in [0.1, 0.15) is 29.4 Å². The molecule has 2 aromatic rings. The van der Waals surface area contributed by atoms with Crippen LogP contribution >= 0.6 is 0 Å². The van der Waals surface area contributed by atoms with Crippen molar-refractivity contribution < 1.29 is 24.9 Å². The SMILES string of the molecule is [2H]C([2H])([2H])[C@@]([2H])(NC(=O)OCC1c2ccccc2-c2ccccc21)C(=O)O. The lowest BCUT2D eigenvalue weighted by Gasteiger charge is -2.15. The minimum Gasteiger partial charge on any atom is -0.480 e. The average Bonchev–Trinajstić information content (AvgIpc) is 2.93. The Hall–Kier alpha value is -2.82. The van der Waals surface area contributed by atoms with Crippen molar-refractivity contribution in [3.05, 3.63) is 59.7 Å². The monoisotopic (exact) mass is 315 g/mol. The van der Waals surface area contributed by atoms with Crippen molar-refractivity contribution in [1.29, 1.82) is 0 Å². The third-order valence-electron chi connectivity index (χ3n) is 3.78. The molecule has 0 heterocycles. The highest BCUT2D eigenvalue weighted by molar-refractivity contribution is 5.80. The van der Waals surface area contributed by atoms with Crippen LogP contribution in [0.25, 0.3) is 11.1 Å². The molecule has 3 rings (SSSR count). The van der Waals surface area contributed by atoms with Crippen LogP contribution < -0.4 is 5.32 Å². The van der Waals surface area contributed by atoms with Gasteiger partial charge in [-0.1, -0.05) is 48.5 Å².